The van der Waals surface area contributed by atoms with Crippen LogP contribution in [0.1, 0.15) is 58.3 Å². The van der Waals surface area contributed by atoms with Gasteiger partial charge in [0.1, 0.15) is 0 Å². The molecule has 0 spiro atoms. The normalized spacial score (nSPS) is 13.6. The van der Waals surface area contributed by atoms with Crippen molar-refractivity contribution in [3.63, 3.8) is 0 Å². The van der Waals surface area contributed by atoms with Crippen molar-refractivity contribution in [3.8, 4) is 0 Å². The van der Waals surface area contributed by atoms with Crippen LogP contribution in [0.3, 0.4) is 0 Å². The van der Waals surface area contributed by atoms with Crippen LogP contribution < -0.4 is 0 Å². The lowest BCUT2D eigenvalue weighted by atomic mass is 9.98. The van der Waals surface area contributed by atoms with Gasteiger partial charge in [0.2, 0.25) is 0 Å². The fraction of sp³-hybridized carbons (Fsp3) is 0.714. The van der Waals surface area contributed by atoms with Crippen molar-refractivity contribution in [2.24, 2.45) is 5.92 Å². The fourth-order valence-corrected chi connectivity index (χ4v) is 1.66. The molecule has 0 heterocycles. The Labute approximate surface area is 90.8 Å². The van der Waals surface area contributed by atoms with Crippen LogP contribution in [-0.2, 0) is 0 Å². The minimum atomic E-state index is 0.878. The molecule has 0 aromatic rings. The molecule has 0 heteroatoms. The molecular weight excluding hydrogens is 168 g/mol. The molecule has 2 radical (unpaired) electrons. The Hall–Kier alpha value is -0.260. The fourth-order valence-electron chi connectivity index (χ4n) is 1.66. The number of hydrogen-bond acceptors (Lipinski definition) is 0. The topological polar surface area (TPSA) is 0 Å². The summed E-state index contributed by atoms with van der Waals surface area (Å²) in [5.41, 5.74) is 0. The first-order valence-corrected chi connectivity index (χ1v) is 6.04. The van der Waals surface area contributed by atoms with E-state index in [1.807, 2.05) is 0 Å². The van der Waals surface area contributed by atoms with E-state index in [1.165, 1.54) is 38.5 Å². The molecule has 0 amide bonds. The molecule has 0 saturated heterocycles. The highest BCUT2D eigenvalue weighted by Gasteiger charge is 1.99. The summed E-state index contributed by atoms with van der Waals surface area (Å²) in [4.78, 5) is 0. The second-order valence-corrected chi connectivity index (χ2v) is 4.15. The molecule has 0 N–H and O–H groups in total. The van der Waals surface area contributed by atoms with Crippen molar-refractivity contribution in [2.75, 3.05) is 0 Å². The predicted molar refractivity (Wildman–Crippen MR) is 66.0 cm³/mol. The maximum absolute atomic E-state index is 3.89. The molecular formula is C14H26. The van der Waals surface area contributed by atoms with Gasteiger partial charge in [0.15, 0.2) is 0 Å². The second-order valence-electron chi connectivity index (χ2n) is 4.15. The van der Waals surface area contributed by atoms with Gasteiger partial charge in [-0.05, 0) is 32.1 Å². The van der Waals surface area contributed by atoms with Crippen LogP contribution in [0.2, 0.25) is 0 Å². The van der Waals surface area contributed by atoms with Crippen LogP contribution in [0.5, 0.6) is 0 Å². The van der Waals surface area contributed by atoms with Crippen molar-refractivity contribution in [3.05, 3.63) is 26.0 Å². The Kier molecular flexibility index (Phi) is 10.6. The lowest BCUT2D eigenvalue weighted by Gasteiger charge is -2.08. The minimum absolute atomic E-state index is 0.878. The number of rotatable bonds is 9. The van der Waals surface area contributed by atoms with Crippen LogP contribution in [0, 0.1) is 19.8 Å². The van der Waals surface area contributed by atoms with Crippen LogP contribution in [0.25, 0.3) is 0 Å². The monoisotopic (exact) mass is 194 g/mol. The van der Waals surface area contributed by atoms with E-state index in [0.717, 1.165) is 18.8 Å². The van der Waals surface area contributed by atoms with Gasteiger partial charge >= 0.3 is 0 Å². The molecule has 0 aliphatic heterocycles. The van der Waals surface area contributed by atoms with E-state index in [2.05, 4.69) is 32.9 Å². The Bertz CT molecular complexity index is 124. The maximum atomic E-state index is 3.89. The van der Waals surface area contributed by atoms with Gasteiger partial charge in [0.05, 0.1) is 0 Å². The standard InChI is InChI=1S/C14H26/c1-4-6-7-8-9-10-11-13-14(3)12-5-2/h6-7,14H,1-2,4-5,8-13H2,3H3. The number of allylic oxidation sites excluding steroid dienone is 2. The second kappa shape index (κ2) is 10.8. The average Bonchev–Trinajstić information content (AvgIpc) is 2.17. The van der Waals surface area contributed by atoms with E-state index in [4.69, 9.17) is 0 Å². The summed E-state index contributed by atoms with van der Waals surface area (Å²) in [5.74, 6) is 0.878. The van der Waals surface area contributed by atoms with E-state index < -0.39 is 0 Å². The third-order valence-corrected chi connectivity index (χ3v) is 2.60. The molecule has 1 unspecified atom stereocenters. The van der Waals surface area contributed by atoms with Gasteiger partial charge < -0.3 is 0 Å². The van der Waals surface area contributed by atoms with Gasteiger partial charge in [-0.25, -0.2) is 0 Å². The Morgan fingerprint density at radius 3 is 2.43 bits per heavy atom. The zero-order valence-electron chi connectivity index (χ0n) is 9.80. The van der Waals surface area contributed by atoms with Crippen LogP contribution in [0.4, 0.5) is 0 Å². The SMILES string of the molecule is [CH2]CC=CCCCCCC(C)CC[CH2]. The number of unbranched alkanes of at least 4 members (excludes halogenated alkanes) is 3. The van der Waals surface area contributed by atoms with Gasteiger partial charge in [-0.1, -0.05) is 58.1 Å². The van der Waals surface area contributed by atoms with Gasteiger partial charge in [-0.15, -0.1) is 0 Å². The Balaban J connectivity index is 3.09. The van der Waals surface area contributed by atoms with Crippen LogP contribution >= 0.6 is 0 Å². The van der Waals surface area contributed by atoms with E-state index in [9.17, 15) is 0 Å². The lowest BCUT2D eigenvalue weighted by Crippen LogP contribution is -1.93. The zero-order chi connectivity index (χ0) is 10.6. The molecule has 82 valence electrons. The molecule has 0 saturated carbocycles. The highest BCUT2D eigenvalue weighted by molar-refractivity contribution is 4.81. The Morgan fingerprint density at radius 1 is 1.00 bits per heavy atom. The van der Waals surface area contributed by atoms with Gasteiger partial charge in [-0.3, -0.25) is 0 Å². The summed E-state index contributed by atoms with van der Waals surface area (Å²) in [6, 6.07) is 0. The third-order valence-electron chi connectivity index (χ3n) is 2.60. The molecule has 0 aliphatic carbocycles. The molecule has 0 aromatic heterocycles. The van der Waals surface area contributed by atoms with Gasteiger partial charge in [0.25, 0.3) is 0 Å². The zero-order valence-corrected chi connectivity index (χ0v) is 9.80. The highest BCUT2D eigenvalue weighted by Crippen LogP contribution is 2.14. The smallest absolute Gasteiger partial charge is 0.0351 e. The number of hydrogen-bond donors (Lipinski definition) is 0. The summed E-state index contributed by atoms with van der Waals surface area (Å²) in [5, 5.41) is 0. The van der Waals surface area contributed by atoms with E-state index in [0.29, 0.717) is 0 Å². The summed E-state index contributed by atoms with van der Waals surface area (Å²) >= 11 is 0. The first-order valence-electron chi connectivity index (χ1n) is 6.04. The van der Waals surface area contributed by atoms with E-state index >= 15 is 0 Å². The van der Waals surface area contributed by atoms with Gasteiger partial charge in [-0.2, -0.15) is 0 Å². The quantitative estimate of drug-likeness (QED) is 0.359. The largest absolute Gasteiger partial charge is 0.0885 e. The first kappa shape index (κ1) is 13.7. The van der Waals surface area contributed by atoms with Gasteiger partial charge in [0, 0.05) is 0 Å². The molecule has 0 fully saturated rings. The molecule has 0 aliphatic rings. The highest BCUT2D eigenvalue weighted by atomic mass is 14.0. The third kappa shape index (κ3) is 9.83. The van der Waals surface area contributed by atoms with Crippen molar-refractivity contribution in [1.29, 1.82) is 0 Å². The van der Waals surface area contributed by atoms with Crippen molar-refractivity contribution >= 4 is 0 Å². The molecule has 0 nitrogen and oxygen atoms in total. The van der Waals surface area contributed by atoms with Crippen molar-refractivity contribution < 1.29 is 0 Å². The molecule has 0 rings (SSSR count). The lowest BCUT2D eigenvalue weighted by molar-refractivity contribution is 0.464. The minimum Gasteiger partial charge on any atom is -0.0885 e. The first-order chi connectivity index (χ1) is 6.81. The van der Waals surface area contributed by atoms with E-state index in [1.54, 1.807) is 0 Å². The predicted octanol–water partition coefficient (Wildman–Crippen LogP) is 4.97. The summed E-state index contributed by atoms with van der Waals surface area (Å²) in [7, 11) is 0. The molecule has 14 heavy (non-hydrogen) atoms. The molecule has 0 bridgehead atoms. The summed E-state index contributed by atoms with van der Waals surface area (Å²) in [6.45, 7) is 10.0. The van der Waals surface area contributed by atoms with Crippen molar-refractivity contribution in [2.45, 2.75) is 58.3 Å². The summed E-state index contributed by atoms with van der Waals surface area (Å²) in [6.07, 6.45) is 14.5. The summed E-state index contributed by atoms with van der Waals surface area (Å²) < 4.78 is 0. The Morgan fingerprint density at radius 2 is 1.79 bits per heavy atom. The van der Waals surface area contributed by atoms with E-state index in [-0.39, 0.29) is 0 Å². The molecule has 1 atom stereocenters. The molecule has 0 aromatic carbocycles. The van der Waals surface area contributed by atoms with Crippen LogP contribution in [-0.4, -0.2) is 0 Å². The average molecular weight is 194 g/mol. The van der Waals surface area contributed by atoms with Crippen LogP contribution in [0.15, 0.2) is 12.2 Å². The van der Waals surface area contributed by atoms with Crippen molar-refractivity contribution in [1.82, 2.24) is 0 Å². The maximum Gasteiger partial charge on any atom is -0.0351 e.